The summed E-state index contributed by atoms with van der Waals surface area (Å²) in [6, 6.07) is 5.64. The van der Waals surface area contributed by atoms with Crippen LogP contribution in [0.5, 0.6) is 5.75 Å². The van der Waals surface area contributed by atoms with Gasteiger partial charge in [-0.05, 0) is 24.5 Å². The molecule has 4 heteroatoms. The summed E-state index contributed by atoms with van der Waals surface area (Å²) in [5.74, 6) is 2.26. The fraction of sp³-hybridized carbons (Fsp3) is 0.455. The van der Waals surface area contributed by atoms with Crippen LogP contribution in [0.3, 0.4) is 0 Å². The average molecular weight is 265 g/mol. The number of rotatable bonds is 6. The van der Waals surface area contributed by atoms with Crippen molar-refractivity contribution in [3.63, 3.8) is 0 Å². The molecule has 0 spiro atoms. The van der Waals surface area contributed by atoms with Gasteiger partial charge in [0, 0.05) is 5.56 Å². The van der Waals surface area contributed by atoms with Gasteiger partial charge in [0.25, 0.3) is 0 Å². The minimum absolute atomic E-state index is 0.429. The van der Waals surface area contributed by atoms with Crippen LogP contribution < -0.4 is 4.74 Å². The van der Waals surface area contributed by atoms with Gasteiger partial charge in [-0.2, -0.15) is 11.8 Å². The van der Waals surface area contributed by atoms with Crippen LogP contribution in [-0.4, -0.2) is 18.6 Å². The van der Waals surface area contributed by atoms with Gasteiger partial charge in [0.2, 0.25) is 0 Å². The van der Waals surface area contributed by atoms with Crippen LogP contribution in [0, 0.1) is 0 Å². The number of halogens is 2. The first kappa shape index (κ1) is 13.0. The highest BCUT2D eigenvalue weighted by atomic mass is 35.5. The molecule has 0 saturated carbocycles. The highest BCUT2D eigenvalue weighted by Gasteiger charge is 2.06. The van der Waals surface area contributed by atoms with Gasteiger partial charge in [-0.25, -0.2) is 0 Å². The van der Waals surface area contributed by atoms with E-state index in [0.29, 0.717) is 17.5 Å². The van der Waals surface area contributed by atoms with E-state index in [-0.39, 0.29) is 0 Å². The summed E-state index contributed by atoms with van der Waals surface area (Å²) in [5.41, 5.74) is 0.952. The molecular formula is C11H14Cl2OS. The zero-order valence-corrected chi connectivity index (χ0v) is 11.0. The number of hydrogen-bond donors (Lipinski definition) is 0. The lowest BCUT2D eigenvalue weighted by atomic mass is 10.2. The molecule has 0 aromatic heterocycles. The molecule has 1 rings (SSSR count). The first-order valence-electron chi connectivity index (χ1n) is 4.74. The zero-order chi connectivity index (χ0) is 11.1. The van der Waals surface area contributed by atoms with Gasteiger partial charge < -0.3 is 4.74 Å². The molecule has 1 aromatic carbocycles. The number of hydrogen-bond acceptors (Lipinski definition) is 2. The van der Waals surface area contributed by atoms with E-state index in [9.17, 15) is 0 Å². The minimum Gasteiger partial charge on any atom is -0.492 e. The second-order valence-corrected chi connectivity index (χ2v) is 4.72. The summed E-state index contributed by atoms with van der Waals surface area (Å²) in [5, 5.41) is 0.636. The van der Waals surface area contributed by atoms with Crippen LogP contribution in [-0.2, 0) is 5.88 Å². The van der Waals surface area contributed by atoms with E-state index in [4.69, 9.17) is 27.9 Å². The summed E-state index contributed by atoms with van der Waals surface area (Å²) in [6.45, 7) is 0.689. The fourth-order valence-electron chi connectivity index (χ4n) is 1.20. The molecule has 1 nitrogen and oxygen atoms in total. The minimum atomic E-state index is 0.429. The summed E-state index contributed by atoms with van der Waals surface area (Å²) in [4.78, 5) is 0. The van der Waals surface area contributed by atoms with Crippen LogP contribution >= 0.6 is 35.0 Å². The Bertz CT molecular complexity index is 305. The van der Waals surface area contributed by atoms with Crippen LogP contribution in [0.4, 0.5) is 0 Å². The Labute approximate surface area is 105 Å². The van der Waals surface area contributed by atoms with E-state index < -0.39 is 0 Å². The van der Waals surface area contributed by atoms with Crippen molar-refractivity contribution in [2.24, 2.45) is 0 Å². The summed E-state index contributed by atoms with van der Waals surface area (Å²) in [7, 11) is 0. The predicted octanol–water partition coefficient (Wildman–Crippen LogP) is 4.21. The molecule has 0 radical (unpaired) electrons. The third-order valence-corrected chi connectivity index (χ3v) is 3.21. The van der Waals surface area contributed by atoms with Gasteiger partial charge >= 0.3 is 0 Å². The standard InChI is InChI=1S/C11H14Cl2OS/c1-15-7-3-6-14-11-9(8-12)4-2-5-10(11)13/h2,4-5H,3,6-8H2,1H3. The van der Waals surface area contributed by atoms with Crippen LogP contribution in [0.1, 0.15) is 12.0 Å². The van der Waals surface area contributed by atoms with Crippen molar-refractivity contribution in [1.29, 1.82) is 0 Å². The van der Waals surface area contributed by atoms with Crippen LogP contribution in [0.15, 0.2) is 18.2 Å². The molecule has 0 aliphatic rings. The van der Waals surface area contributed by atoms with Gasteiger partial charge in [0.05, 0.1) is 17.5 Å². The molecule has 0 amide bonds. The van der Waals surface area contributed by atoms with Crippen LogP contribution in [0.2, 0.25) is 5.02 Å². The first-order valence-corrected chi connectivity index (χ1v) is 7.05. The lowest BCUT2D eigenvalue weighted by Gasteiger charge is -2.11. The molecule has 0 aliphatic carbocycles. The van der Waals surface area contributed by atoms with E-state index in [2.05, 4.69) is 6.26 Å². The summed E-state index contributed by atoms with van der Waals surface area (Å²) in [6.07, 6.45) is 3.10. The number of ether oxygens (including phenoxy) is 1. The predicted molar refractivity (Wildman–Crippen MR) is 69.5 cm³/mol. The smallest absolute Gasteiger partial charge is 0.142 e. The van der Waals surface area contributed by atoms with Crippen molar-refractivity contribution in [3.05, 3.63) is 28.8 Å². The molecule has 0 N–H and O–H groups in total. The van der Waals surface area contributed by atoms with E-state index in [1.165, 1.54) is 0 Å². The van der Waals surface area contributed by atoms with Crippen LogP contribution in [0.25, 0.3) is 0 Å². The third-order valence-electron chi connectivity index (χ3n) is 1.93. The highest BCUT2D eigenvalue weighted by molar-refractivity contribution is 7.98. The number of benzene rings is 1. The Hall–Kier alpha value is -0.0500. The Morgan fingerprint density at radius 1 is 1.40 bits per heavy atom. The molecule has 84 valence electrons. The van der Waals surface area contributed by atoms with Gasteiger partial charge in [0.1, 0.15) is 5.75 Å². The summed E-state index contributed by atoms with van der Waals surface area (Å²) < 4.78 is 5.63. The average Bonchev–Trinajstić information content (AvgIpc) is 2.26. The van der Waals surface area contributed by atoms with E-state index in [1.807, 2.05) is 30.0 Å². The first-order chi connectivity index (χ1) is 7.29. The fourth-order valence-corrected chi connectivity index (χ4v) is 2.06. The molecule has 0 fully saturated rings. The van der Waals surface area contributed by atoms with Gasteiger partial charge in [-0.3, -0.25) is 0 Å². The summed E-state index contributed by atoms with van der Waals surface area (Å²) >= 11 is 13.6. The van der Waals surface area contributed by atoms with E-state index in [1.54, 1.807) is 0 Å². The maximum absolute atomic E-state index is 6.03. The van der Waals surface area contributed by atoms with Crippen molar-refractivity contribution >= 4 is 35.0 Å². The largest absolute Gasteiger partial charge is 0.492 e. The van der Waals surface area contributed by atoms with Crippen molar-refractivity contribution < 1.29 is 4.74 Å². The molecule has 0 atom stereocenters. The maximum atomic E-state index is 6.03. The lowest BCUT2D eigenvalue weighted by molar-refractivity contribution is 0.316. The molecule has 0 heterocycles. The molecular weight excluding hydrogens is 251 g/mol. The molecule has 0 unspecified atom stereocenters. The quantitative estimate of drug-likeness (QED) is 0.563. The van der Waals surface area contributed by atoms with Crippen molar-refractivity contribution in [3.8, 4) is 5.75 Å². The third kappa shape index (κ3) is 4.13. The second-order valence-electron chi connectivity index (χ2n) is 3.06. The molecule has 1 aromatic rings. The normalized spacial score (nSPS) is 10.3. The number of thioether (sulfide) groups is 1. The molecule has 0 bridgehead atoms. The van der Waals surface area contributed by atoms with E-state index in [0.717, 1.165) is 23.5 Å². The monoisotopic (exact) mass is 264 g/mol. The second kappa shape index (κ2) is 7.26. The van der Waals surface area contributed by atoms with Gasteiger partial charge in [-0.1, -0.05) is 23.7 Å². The van der Waals surface area contributed by atoms with E-state index >= 15 is 0 Å². The lowest BCUT2D eigenvalue weighted by Crippen LogP contribution is -2.01. The topological polar surface area (TPSA) is 9.23 Å². The SMILES string of the molecule is CSCCCOc1c(Cl)cccc1CCl. The van der Waals surface area contributed by atoms with Crippen molar-refractivity contribution in [2.75, 3.05) is 18.6 Å². The molecule has 0 aliphatic heterocycles. The Balaban J connectivity index is 2.58. The van der Waals surface area contributed by atoms with Crippen molar-refractivity contribution in [1.82, 2.24) is 0 Å². The Kier molecular flexibility index (Phi) is 6.30. The molecule has 0 saturated heterocycles. The highest BCUT2D eigenvalue weighted by Crippen LogP contribution is 2.29. The zero-order valence-electron chi connectivity index (χ0n) is 8.63. The van der Waals surface area contributed by atoms with Gasteiger partial charge in [0.15, 0.2) is 0 Å². The maximum Gasteiger partial charge on any atom is 0.142 e. The Morgan fingerprint density at radius 2 is 2.20 bits per heavy atom. The van der Waals surface area contributed by atoms with Gasteiger partial charge in [-0.15, -0.1) is 11.6 Å². The van der Waals surface area contributed by atoms with Crippen molar-refractivity contribution in [2.45, 2.75) is 12.3 Å². The number of alkyl halides is 1. The molecule has 15 heavy (non-hydrogen) atoms. The Morgan fingerprint density at radius 3 is 2.87 bits per heavy atom. The number of para-hydroxylation sites is 1.